The van der Waals surface area contributed by atoms with Gasteiger partial charge in [0.2, 0.25) is 0 Å². The van der Waals surface area contributed by atoms with Gasteiger partial charge in [-0.05, 0) is 55.5 Å². The quantitative estimate of drug-likeness (QED) is 0.776. The lowest BCUT2D eigenvalue weighted by Gasteiger charge is -2.08. The molecule has 122 valence electrons. The number of fused-ring (bicyclic) bond motifs is 1. The molecule has 0 unspecified atom stereocenters. The van der Waals surface area contributed by atoms with Crippen molar-refractivity contribution >= 4 is 16.8 Å². The number of aromatic nitrogens is 1. The van der Waals surface area contributed by atoms with Crippen molar-refractivity contribution in [2.45, 2.75) is 20.3 Å². The number of hydrogen-bond donors (Lipinski definition) is 2. The summed E-state index contributed by atoms with van der Waals surface area (Å²) >= 11 is 0. The molecule has 0 bridgehead atoms. The minimum absolute atomic E-state index is 0.0941. The number of pyridine rings is 1. The zero-order valence-corrected chi connectivity index (χ0v) is 13.8. The first-order valence-electron chi connectivity index (χ1n) is 8.01. The second-order valence-electron chi connectivity index (χ2n) is 6.04. The molecule has 0 atom stereocenters. The van der Waals surface area contributed by atoms with E-state index in [-0.39, 0.29) is 11.5 Å². The summed E-state index contributed by atoms with van der Waals surface area (Å²) in [5.74, 6) is -0.125. The summed E-state index contributed by atoms with van der Waals surface area (Å²) in [4.78, 5) is 27.2. The van der Waals surface area contributed by atoms with Crippen LogP contribution in [-0.2, 0) is 6.42 Å². The van der Waals surface area contributed by atoms with Crippen LogP contribution in [-0.4, -0.2) is 17.4 Å². The molecule has 0 fully saturated rings. The number of carbonyl (C=O) groups is 1. The van der Waals surface area contributed by atoms with Crippen LogP contribution in [0.15, 0.2) is 53.3 Å². The van der Waals surface area contributed by atoms with Crippen LogP contribution in [0.3, 0.4) is 0 Å². The fourth-order valence-electron chi connectivity index (χ4n) is 2.92. The predicted molar refractivity (Wildman–Crippen MR) is 96.5 cm³/mol. The molecule has 2 aromatic carbocycles. The third kappa shape index (κ3) is 3.38. The Balaban J connectivity index is 1.75. The van der Waals surface area contributed by atoms with Crippen molar-refractivity contribution in [2.75, 3.05) is 6.54 Å². The largest absolute Gasteiger partial charge is 0.352 e. The Morgan fingerprint density at radius 1 is 1.08 bits per heavy atom. The van der Waals surface area contributed by atoms with E-state index in [2.05, 4.69) is 22.4 Å². The molecule has 0 aliphatic rings. The van der Waals surface area contributed by atoms with Crippen molar-refractivity contribution < 1.29 is 4.79 Å². The summed E-state index contributed by atoms with van der Waals surface area (Å²) in [5, 5.41) is 3.88. The molecule has 0 aliphatic heterocycles. The first-order valence-corrected chi connectivity index (χ1v) is 8.01. The zero-order chi connectivity index (χ0) is 17.1. The van der Waals surface area contributed by atoms with E-state index in [1.165, 1.54) is 0 Å². The van der Waals surface area contributed by atoms with E-state index in [0.29, 0.717) is 24.1 Å². The maximum atomic E-state index is 12.2. The molecule has 3 rings (SSSR count). The average Bonchev–Trinajstić information content (AvgIpc) is 2.57. The van der Waals surface area contributed by atoms with Crippen molar-refractivity contribution in [3.8, 4) is 0 Å². The van der Waals surface area contributed by atoms with Gasteiger partial charge < -0.3 is 10.3 Å². The van der Waals surface area contributed by atoms with Gasteiger partial charge in [0.25, 0.3) is 11.5 Å². The number of nitrogens with one attached hydrogen (secondary N) is 2. The number of aryl methyl sites for hydroxylation is 2. The highest BCUT2D eigenvalue weighted by molar-refractivity contribution is 5.94. The van der Waals surface area contributed by atoms with Crippen LogP contribution in [0, 0.1) is 13.8 Å². The Kier molecular flexibility index (Phi) is 4.47. The number of H-pyrrole nitrogens is 1. The summed E-state index contributed by atoms with van der Waals surface area (Å²) < 4.78 is 0. The van der Waals surface area contributed by atoms with Crippen molar-refractivity contribution in [1.29, 1.82) is 0 Å². The van der Waals surface area contributed by atoms with Crippen LogP contribution >= 0.6 is 0 Å². The number of hydrogen-bond acceptors (Lipinski definition) is 2. The maximum absolute atomic E-state index is 12.2. The monoisotopic (exact) mass is 320 g/mol. The normalized spacial score (nSPS) is 10.8. The van der Waals surface area contributed by atoms with Crippen LogP contribution in [0.4, 0.5) is 0 Å². The lowest BCUT2D eigenvalue weighted by molar-refractivity contribution is 0.0954. The van der Waals surface area contributed by atoms with Gasteiger partial charge in [-0.2, -0.15) is 0 Å². The Hall–Kier alpha value is -2.88. The molecule has 0 saturated heterocycles. The van der Waals surface area contributed by atoms with E-state index < -0.39 is 0 Å². The third-order valence-corrected chi connectivity index (χ3v) is 4.09. The number of amides is 1. The molecular formula is C20H20N2O2. The molecule has 0 saturated carbocycles. The molecule has 0 spiro atoms. The number of rotatable bonds is 4. The molecule has 4 nitrogen and oxygen atoms in total. The molecule has 1 heterocycles. The fourth-order valence-corrected chi connectivity index (χ4v) is 2.92. The third-order valence-electron chi connectivity index (χ3n) is 4.09. The predicted octanol–water partition coefficient (Wildman–Crippen LogP) is 3.12. The van der Waals surface area contributed by atoms with Crippen LogP contribution in [0.2, 0.25) is 0 Å². The minimum atomic E-state index is -0.125. The first kappa shape index (κ1) is 16.0. The highest BCUT2D eigenvalue weighted by Crippen LogP contribution is 2.18. The van der Waals surface area contributed by atoms with Gasteiger partial charge >= 0.3 is 0 Å². The highest BCUT2D eigenvalue weighted by atomic mass is 16.1. The standard InChI is InChI=1S/C20H20N2O2/c1-13-10-14(2)18-17(11-13)12-16(20(24)22-18)8-9-21-19(23)15-6-4-3-5-7-15/h3-7,10-12H,8-9H2,1-2H3,(H,21,23)(H,22,24). The Morgan fingerprint density at radius 2 is 1.83 bits per heavy atom. The molecule has 2 N–H and O–H groups in total. The van der Waals surface area contributed by atoms with Crippen molar-refractivity contribution in [2.24, 2.45) is 0 Å². The molecule has 0 radical (unpaired) electrons. The average molecular weight is 320 g/mol. The van der Waals surface area contributed by atoms with E-state index in [4.69, 9.17) is 0 Å². The number of carbonyl (C=O) groups excluding carboxylic acids is 1. The second kappa shape index (κ2) is 6.71. The Bertz CT molecular complexity index is 943. The van der Waals surface area contributed by atoms with Crippen LogP contribution < -0.4 is 10.9 Å². The lowest BCUT2D eigenvalue weighted by atomic mass is 10.0. The second-order valence-corrected chi connectivity index (χ2v) is 6.04. The summed E-state index contributed by atoms with van der Waals surface area (Å²) in [7, 11) is 0. The molecule has 24 heavy (non-hydrogen) atoms. The number of benzene rings is 2. The van der Waals surface area contributed by atoms with Crippen LogP contribution in [0.5, 0.6) is 0 Å². The van der Waals surface area contributed by atoms with Gasteiger partial charge in [0.05, 0.1) is 5.52 Å². The number of aromatic amines is 1. The Labute approximate surface area is 140 Å². The minimum Gasteiger partial charge on any atom is -0.352 e. The van der Waals surface area contributed by atoms with E-state index >= 15 is 0 Å². The van der Waals surface area contributed by atoms with Gasteiger partial charge in [-0.15, -0.1) is 0 Å². The van der Waals surface area contributed by atoms with Crippen LogP contribution in [0.1, 0.15) is 27.0 Å². The summed E-state index contributed by atoms with van der Waals surface area (Å²) in [5.41, 5.74) is 4.31. The van der Waals surface area contributed by atoms with Gasteiger partial charge in [0.15, 0.2) is 0 Å². The van der Waals surface area contributed by atoms with Gasteiger partial charge in [0.1, 0.15) is 0 Å². The highest BCUT2D eigenvalue weighted by Gasteiger charge is 2.07. The SMILES string of the molecule is Cc1cc(C)c2[nH]c(=O)c(CCNC(=O)c3ccccc3)cc2c1. The van der Waals surface area contributed by atoms with Gasteiger partial charge in [-0.25, -0.2) is 0 Å². The van der Waals surface area contributed by atoms with E-state index in [9.17, 15) is 9.59 Å². The smallest absolute Gasteiger partial charge is 0.251 e. The molecule has 4 heteroatoms. The first-order chi connectivity index (χ1) is 11.5. The summed E-state index contributed by atoms with van der Waals surface area (Å²) in [6.45, 7) is 4.45. The zero-order valence-electron chi connectivity index (χ0n) is 13.8. The molecular weight excluding hydrogens is 300 g/mol. The van der Waals surface area contributed by atoms with Gasteiger partial charge in [0, 0.05) is 17.7 Å². The topological polar surface area (TPSA) is 62.0 Å². The van der Waals surface area contributed by atoms with Gasteiger partial charge in [-0.1, -0.05) is 29.8 Å². The summed E-state index contributed by atoms with van der Waals surface area (Å²) in [6, 6.07) is 15.1. The van der Waals surface area contributed by atoms with E-state index in [1.807, 2.05) is 38.1 Å². The van der Waals surface area contributed by atoms with E-state index in [0.717, 1.165) is 22.0 Å². The molecule has 1 amide bonds. The fraction of sp³-hybridized carbons (Fsp3) is 0.200. The molecule has 0 aliphatic carbocycles. The van der Waals surface area contributed by atoms with Crippen LogP contribution in [0.25, 0.3) is 10.9 Å². The maximum Gasteiger partial charge on any atom is 0.251 e. The van der Waals surface area contributed by atoms with Crippen molar-refractivity contribution in [3.63, 3.8) is 0 Å². The van der Waals surface area contributed by atoms with Crippen molar-refractivity contribution in [3.05, 3.63) is 81.1 Å². The van der Waals surface area contributed by atoms with Crippen molar-refractivity contribution in [1.82, 2.24) is 10.3 Å². The van der Waals surface area contributed by atoms with E-state index in [1.54, 1.807) is 12.1 Å². The molecule has 1 aromatic heterocycles. The lowest BCUT2D eigenvalue weighted by Crippen LogP contribution is -2.27. The summed E-state index contributed by atoms with van der Waals surface area (Å²) in [6.07, 6.45) is 0.497. The Morgan fingerprint density at radius 3 is 2.58 bits per heavy atom. The molecule has 3 aromatic rings. The van der Waals surface area contributed by atoms with Gasteiger partial charge in [-0.3, -0.25) is 9.59 Å².